The Morgan fingerprint density at radius 1 is 1.17 bits per heavy atom. The number of fused-ring (bicyclic) bond motifs is 2. The molecule has 2 aliphatic rings. The van der Waals surface area contributed by atoms with Gasteiger partial charge in [0.15, 0.2) is 0 Å². The maximum Gasteiger partial charge on any atom is 0.258 e. The monoisotopic (exact) mass is 311 g/mol. The molecular weight excluding hydrogens is 286 g/mol. The molecule has 1 aliphatic heterocycles. The number of hydrogen-bond acceptors (Lipinski definition) is 3. The van der Waals surface area contributed by atoms with E-state index >= 15 is 0 Å². The summed E-state index contributed by atoms with van der Waals surface area (Å²) in [4.78, 5) is 19.7. The number of aromatic nitrogens is 2. The van der Waals surface area contributed by atoms with Crippen molar-refractivity contribution in [2.24, 2.45) is 5.92 Å². The van der Waals surface area contributed by atoms with Crippen LogP contribution in [0.2, 0.25) is 0 Å². The summed E-state index contributed by atoms with van der Waals surface area (Å²) in [6.45, 7) is 3.97. The van der Waals surface area contributed by atoms with E-state index in [1.165, 1.54) is 38.5 Å². The van der Waals surface area contributed by atoms with Crippen LogP contribution < -0.4 is 5.56 Å². The number of nitrogens with zero attached hydrogens (tertiary/aromatic N) is 3. The van der Waals surface area contributed by atoms with Crippen LogP contribution in [0.3, 0.4) is 0 Å². The Morgan fingerprint density at radius 2 is 2.00 bits per heavy atom. The van der Waals surface area contributed by atoms with Gasteiger partial charge in [0.2, 0.25) is 0 Å². The van der Waals surface area contributed by atoms with Crippen molar-refractivity contribution in [3.8, 4) is 0 Å². The van der Waals surface area contributed by atoms with Crippen molar-refractivity contribution in [3.63, 3.8) is 0 Å². The average molecular weight is 311 g/mol. The molecule has 2 aromatic heterocycles. The molecular formula is C19H25N3O. The van der Waals surface area contributed by atoms with E-state index in [0.717, 1.165) is 35.9 Å². The van der Waals surface area contributed by atoms with Gasteiger partial charge in [0.1, 0.15) is 5.65 Å². The highest BCUT2D eigenvalue weighted by Gasteiger charge is 2.33. The van der Waals surface area contributed by atoms with Crippen LogP contribution in [0.25, 0.3) is 5.65 Å². The summed E-state index contributed by atoms with van der Waals surface area (Å²) in [5, 5.41) is 0. The zero-order valence-electron chi connectivity index (χ0n) is 13.9. The molecule has 2 fully saturated rings. The van der Waals surface area contributed by atoms with Crippen LogP contribution in [0.4, 0.5) is 0 Å². The van der Waals surface area contributed by atoms with E-state index < -0.39 is 0 Å². The van der Waals surface area contributed by atoms with Gasteiger partial charge in [0.05, 0.1) is 5.69 Å². The molecule has 2 atom stereocenters. The molecule has 0 bridgehead atoms. The van der Waals surface area contributed by atoms with Gasteiger partial charge in [-0.05, 0) is 56.7 Å². The smallest absolute Gasteiger partial charge is 0.258 e. The van der Waals surface area contributed by atoms with Crippen molar-refractivity contribution >= 4 is 5.65 Å². The minimum atomic E-state index is 0.0332. The zero-order valence-corrected chi connectivity index (χ0v) is 13.9. The van der Waals surface area contributed by atoms with Crippen LogP contribution in [0.5, 0.6) is 0 Å². The summed E-state index contributed by atoms with van der Waals surface area (Å²) in [6, 6.07) is 6.39. The fourth-order valence-corrected chi connectivity index (χ4v) is 4.47. The summed E-state index contributed by atoms with van der Waals surface area (Å²) in [5.41, 5.74) is 2.79. The summed E-state index contributed by atoms with van der Waals surface area (Å²) < 4.78 is 1.65. The Labute approximate surface area is 137 Å². The van der Waals surface area contributed by atoms with Gasteiger partial charge in [0, 0.05) is 24.8 Å². The molecule has 0 unspecified atom stereocenters. The lowest BCUT2D eigenvalue weighted by Gasteiger charge is -2.44. The van der Waals surface area contributed by atoms with Gasteiger partial charge in [-0.2, -0.15) is 0 Å². The van der Waals surface area contributed by atoms with E-state index in [-0.39, 0.29) is 5.56 Å². The lowest BCUT2D eigenvalue weighted by atomic mass is 9.78. The molecule has 0 spiro atoms. The molecule has 0 amide bonds. The SMILES string of the molecule is Cc1ccc2nc(CN3CCC[C@H]4CCCC[C@@H]43)cc(=O)n2c1. The van der Waals surface area contributed by atoms with E-state index in [1.54, 1.807) is 10.5 Å². The summed E-state index contributed by atoms with van der Waals surface area (Å²) in [7, 11) is 0. The lowest BCUT2D eigenvalue weighted by Crippen LogP contribution is -2.46. The van der Waals surface area contributed by atoms with Gasteiger partial charge < -0.3 is 0 Å². The number of pyridine rings is 1. The predicted octanol–water partition coefficient (Wildman–Crippen LogP) is 3.16. The topological polar surface area (TPSA) is 37.6 Å². The first-order chi connectivity index (χ1) is 11.2. The van der Waals surface area contributed by atoms with Gasteiger partial charge in [-0.15, -0.1) is 0 Å². The predicted molar refractivity (Wildman–Crippen MR) is 91.6 cm³/mol. The second-order valence-corrected chi connectivity index (χ2v) is 7.24. The standard InChI is InChI=1S/C19H25N3O/c1-14-8-9-18-20-16(11-19(23)22(18)12-14)13-21-10-4-6-15-5-2-3-7-17(15)21/h8-9,11-12,15,17H,2-7,10,13H2,1H3/t15-,17+/m1/s1. The zero-order chi connectivity index (χ0) is 15.8. The van der Waals surface area contributed by atoms with Crippen molar-refractivity contribution in [2.75, 3.05) is 6.54 Å². The number of likely N-dealkylation sites (tertiary alicyclic amines) is 1. The van der Waals surface area contributed by atoms with Crippen LogP contribution in [0, 0.1) is 12.8 Å². The van der Waals surface area contributed by atoms with E-state index in [9.17, 15) is 4.79 Å². The van der Waals surface area contributed by atoms with Crippen LogP contribution >= 0.6 is 0 Å². The maximum atomic E-state index is 12.4. The highest BCUT2D eigenvalue weighted by molar-refractivity contribution is 5.39. The first-order valence-corrected chi connectivity index (χ1v) is 8.94. The normalized spacial score (nSPS) is 25.4. The van der Waals surface area contributed by atoms with Crippen LogP contribution in [0.15, 0.2) is 29.2 Å². The number of piperidine rings is 1. The fourth-order valence-electron chi connectivity index (χ4n) is 4.47. The van der Waals surface area contributed by atoms with Crippen LogP contribution in [-0.2, 0) is 6.54 Å². The maximum absolute atomic E-state index is 12.4. The highest BCUT2D eigenvalue weighted by Crippen LogP contribution is 2.35. The molecule has 0 aromatic carbocycles. The third kappa shape index (κ3) is 2.92. The fraction of sp³-hybridized carbons (Fsp3) is 0.579. The average Bonchev–Trinajstić information content (AvgIpc) is 2.56. The van der Waals surface area contributed by atoms with Gasteiger partial charge in [-0.3, -0.25) is 14.1 Å². The number of aryl methyl sites for hydroxylation is 1. The van der Waals surface area contributed by atoms with E-state index in [1.807, 2.05) is 25.3 Å². The van der Waals surface area contributed by atoms with Crippen molar-refractivity contribution in [3.05, 3.63) is 46.0 Å². The van der Waals surface area contributed by atoms with Gasteiger partial charge in [-0.1, -0.05) is 18.9 Å². The quantitative estimate of drug-likeness (QED) is 0.855. The minimum Gasteiger partial charge on any atom is -0.294 e. The van der Waals surface area contributed by atoms with Crippen molar-refractivity contribution in [1.82, 2.24) is 14.3 Å². The molecule has 4 nitrogen and oxygen atoms in total. The molecule has 1 saturated carbocycles. The third-order valence-corrected chi connectivity index (χ3v) is 5.58. The summed E-state index contributed by atoms with van der Waals surface area (Å²) in [5.74, 6) is 0.863. The molecule has 122 valence electrons. The Kier molecular flexibility index (Phi) is 3.93. The van der Waals surface area contributed by atoms with Crippen molar-refractivity contribution in [1.29, 1.82) is 0 Å². The Morgan fingerprint density at radius 3 is 2.91 bits per heavy atom. The first kappa shape index (κ1) is 14.9. The number of rotatable bonds is 2. The Balaban J connectivity index is 1.62. The molecule has 0 N–H and O–H groups in total. The Hall–Kier alpha value is -1.68. The number of hydrogen-bond donors (Lipinski definition) is 0. The van der Waals surface area contributed by atoms with Crippen LogP contribution in [-0.4, -0.2) is 26.9 Å². The molecule has 2 aromatic rings. The van der Waals surface area contributed by atoms with Crippen molar-refractivity contribution < 1.29 is 0 Å². The highest BCUT2D eigenvalue weighted by atomic mass is 16.1. The van der Waals surface area contributed by atoms with E-state index in [0.29, 0.717) is 6.04 Å². The minimum absolute atomic E-state index is 0.0332. The summed E-state index contributed by atoms with van der Waals surface area (Å²) >= 11 is 0. The van der Waals surface area contributed by atoms with Gasteiger partial charge in [-0.25, -0.2) is 4.98 Å². The molecule has 23 heavy (non-hydrogen) atoms. The van der Waals surface area contributed by atoms with Crippen LogP contribution in [0.1, 0.15) is 49.8 Å². The second-order valence-electron chi connectivity index (χ2n) is 7.24. The molecule has 4 heteroatoms. The second kappa shape index (κ2) is 6.08. The molecule has 0 radical (unpaired) electrons. The molecule has 1 aliphatic carbocycles. The van der Waals surface area contributed by atoms with E-state index in [4.69, 9.17) is 4.98 Å². The molecule has 4 rings (SSSR count). The van der Waals surface area contributed by atoms with Gasteiger partial charge in [0.25, 0.3) is 5.56 Å². The first-order valence-electron chi connectivity index (χ1n) is 8.94. The van der Waals surface area contributed by atoms with Crippen molar-refractivity contribution in [2.45, 2.75) is 58.0 Å². The largest absolute Gasteiger partial charge is 0.294 e. The van der Waals surface area contributed by atoms with Gasteiger partial charge >= 0.3 is 0 Å². The lowest BCUT2D eigenvalue weighted by molar-refractivity contribution is 0.0537. The molecule has 1 saturated heterocycles. The Bertz CT molecular complexity index is 765. The third-order valence-electron chi connectivity index (χ3n) is 5.58. The summed E-state index contributed by atoms with van der Waals surface area (Å²) in [6.07, 6.45) is 9.98. The van der Waals surface area contributed by atoms with E-state index in [2.05, 4.69) is 4.90 Å². The molecule has 3 heterocycles.